The molecule has 0 spiro atoms. The number of nitrogens with one attached hydrogen (secondary N) is 1. The van der Waals surface area contributed by atoms with Gasteiger partial charge in [0, 0.05) is 15.5 Å². The summed E-state index contributed by atoms with van der Waals surface area (Å²) >= 11 is 7.18. The Bertz CT molecular complexity index is 435. The molecule has 1 nitrogen and oxygen atoms in total. The Balaban J connectivity index is 1.66. The third kappa shape index (κ3) is 2.32. The van der Waals surface area contributed by atoms with Crippen molar-refractivity contribution in [1.29, 1.82) is 0 Å². The van der Waals surface area contributed by atoms with Crippen molar-refractivity contribution in [2.45, 2.75) is 12.8 Å². The fraction of sp³-hybridized carbons (Fsp3) is 0.429. The summed E-state index contributed by atoms with van der Waals surface area (Å²) in [5.41, 5.74) is 1.18. The smallest absolute Gasteiger partial charge is 0.0629 e. The molecule has 2 aliphatic carbocycles. The largest absolute Gasteiger partial charge is 0.383 e. The number of rotatable bonds is 3. The number of para-hydroxylation sites is 1. The number of benzene rings is 1. The third-order valence-electron chi connectivity index (χ3n) is 3.92. The summed E-state index contributed by atoms with van der Waals surface area (Å²) in [6, 6.07) is 6.20. The van der Waals surface area contributed by atoms with E-state index in [9.17, 15) is 0 Å². The first-order valence-corrected chi connectivity index (χ1v) is 7.69. The molecule has 0 aromatic heterocycles. The van der Waals surface area contributed by atoms with Crippen molar-refractivity contribution >= 4 is 37.5 Å². The van der Waals surface area contributed by atoms with Crippen LogP contribution in [-0.2, 0) is 0 Å². The van der Waals surface area contributed by atoms with Crippen molar-refractivity contribution in [3.8, 4) is 0 Å². The number of anilines is 1. The normalized spacial score (nSPS) is 29.9. The van der Waals surface area contributed by atoms with E-state index in [0.29, 0.717) is 0 Å². The molecule has 0 saturated heterocycles. The second kappa shape index (κ2) is 4.77. The molecule has 0 aliphatic heterocycles. The second-order valence-electron chi connectivity index (χ2n) is 5.02. The van der Waals surface area contributed by atoms with Crippen molar-refractivity contribution in [3.63, 3.8) is 0 Å². The zero-order valence-electron chi connectivity index (χ0n) is 9.50. The molecule has 17 heavy (non-hydrogen) atoms. The average Bonchev–Trinajstić information content (AvgIpc) is 2.90. The van der Waals surface area contributed by atoms with E-state index in [0.717, 1.165) is 33.2 Å². The summed E-state index contributed by atoms with van der Waals surface area (Å²) in [5, 5.41) is 3.58. The summed E-state index contributed by atoms with van der Waals surface area (Å²) in [4.78, 5) is 0. The first kappa shape index (κ1) is 11.8. The molecular formula is C14H15Br2N. The van der Waals surface area contributed by atoms with Gasteiger partial charge in [0.1, 0.15) is 0 Å². The van der Waals surface area contributed by atoms with Crippen LogP contribution in [-0.4, -0.2) is 6.54 Å². The molecule has 1 aromatic carbocycles. The minimum atomic E-state index is 0.809. The van der Waals surface area contributed by atoms with E-state index in [1.165, 1.54) is 18.5 Å². The Labute approximate surface area is 119 Å². The second-order valence-corrected chi connectivity index (χ2v) is 6.73. The third-order valence-corrected chi connectivity index (χ3v) is 5.24. The minimum absolute atomic E-state index is 0.809. The van der Waals surface area contributed by atoms with Gasteiger partial charge >= 0.3 is 0 Å². The van der Waals surface area contributed by atoms with E-state index < -0.39 is 0 Å². The fourth-order valence-electron chi connectivity index (χ4n) is 3.03. The van der Waals surface area contributed by atoms with Crippen LogP contribution in [0.2, 0.25) is 0 Å². The van der Waals surface area contributed by atoms with Crippen LogP contribution in [0.3, 0.4) is 0 Å². The molecule has 90 valence electrons. The van der Waals surface area contributed by atoms with Crippen molar-refractivity contribution in [3.05, 3.63) is 39.3 Å². The Morgan fingerprint density at radius 1 is 1.12 bits per heavy atom. The van der Waals surface area contributed by atoms with Crippen LogP contribution in [0.5, 0.6) is 0 Å². The molecule has 3 heteroatoms. The van der Waals surface area contributed by atoms with E-state index in [1.807, 2.05) is 6.07 Å². The zero-order chi connectivity index (χ0) is 11.8. The molecule has 3 atom stereocenters. The Morgan fingerprint density at radius 2 is 1.88 bits per heavy atom. The molecular weight excluding hydrogens is 342 g/mol. The van der Waals surface area contributed by atoms with Gasteiger partial charge in [0.05, 0.1) is 5.69 Å². The summed E-state index contributed by atoms with van der Waals surface area (Å²) in [6.45, 7) is 1.08. The van der Waals surface area contributed by atoms with E-state index in [-0.39, 0.29) is 0 Å². The summed E-state index contributed by atoms with van der Waals surface area (Å²) in [6.07, 6.45) is 7.55. The number of hydrogen-bond acceptors (Lipinski definition) is 1. The Hall–Kier alpha value is -0.280. The minimum Gasteiger partial charge on any atom is -0.383 e. The maximum atomic E-state index is 3.59. The summed E-state index contributed by atoms with van der Waals surface area (Å²) < 4.78 is 2.26. The lowest BCUT2D eigenvalue weighted by Gasteiger charge is -2.20. The van der Waals surface area contributed by atoms with E-state index in [1.54, 1.807) is 0 Å². The molecule has 2 bridgehead atoms. The predicted octanol–water partition coefficient (Wildman–Crippen LogP) is 4.84. The Morgan fingerprint density at radius 3 is 2.47 bits per heavy atom. The molecule has 0 amide bonds. The number of hydrogen-bond donors (Lipinski definition) is 1. The van der Waals surface area contributed by atoms with Gasteiger partial charge in [0.25, 0.3) is 0 Å². The first-order valence-electron chi connectivity index (χ1n) is 6.10. The highest BCUT2D eigenvalue weighted by atomic mass is 79.9. The number of allylic oxidation sites excluding steroid dienone is 2. The molecule has 1 N–H and O–H groups in total. The van der Waals surface area contributed by atoms with Crippen LogP contribution < -0.4 is 5.32 Å². The van der Waals surface area contributed by atoms with Crippen LogP contribution in [0.1, 0.15) is 12.8 Å². The van der Waals surface area contributed by atoms with Gasteiger partial charge in [0.2, 0.25) is 0 Å². The van der Waals surface area contributed by atoms with Crippen molar-refractivity contribution in [2.75, 3.05) is 11.9 Å². The van der Waals surface area contributed by atoms with Gasteiger partial charge in [-0.15, -0.1) is 0 Å². The van der Waals surface area contributed by atoms with Crippen LogP contribution in [0.15, 0.2) is 39.3 Å². The molecule has 0 radical (unpaired) electrons. The fourth-order valence-corrected chi connectivity index (χ4v) is 4.31. The maximum Gasteiger partial charge on any atom is 0.0629 e. The first-order chi connectivity index (χ1) is 8.24. The van der Waals surface area contributed by atoms with Crippen LogP contribution in [0.4, 0.5) is 5.69 Å². The maximum absolute atomic E-state index is 3.59. The van der Waals surface area contributed by atoms with Gasteiger partial charge in [-0.05, 0) is 74.6 Å². The van der Waals surface area contributed by atoms with Crippen LogP contribution in [0, 0.1) is 17.8 Å². The SMILES string of the molecule is Brc1cccc(Br)c1NCC1CC2C=CC1C2. The monoisotopic (exact) mass is 355 g/mol. The van der Waals surface area contributed by atoms with Gasteiger partial charge in [-0.3, -0.25) is 0 Å². The Kier molecular flexibility index (Phi) is 3.31. The van der Waals surface area contributed by atoms with E-state index in [2.05, 4.69) is 61.5 Å². The molecule has 1 fully saturated rings. The predicted molar refractivity (Wildman–Crippen MR) is 79.2 cm³/mol. The topological polar surface area (TPSA) is 12.0 Å². The van der Waals surface area contributed by atoms with Crippen LogP contribution >= 0.6 is 31.9 Å². The van der Waals surface area contributed by atoms with Gasteiger partial charge in [0.15, 0.2) is 0 Å². The molecule has 1 saturated carbocycles. The lowest BCUT2D eigenvalue weighted by molar-refractivity contribution is 0.472. The van der Waals surface area contributed by atoms with Crippen molar-refractivity contribution in [1.82, 2.24) is 0 Å². The molecule has 1 aromatic rings. The van der Waals surface area contributed by atoms with Crippen molar-refractivity contribution < 1.29 is 0 Å². The molecule has 0 heterocycles. The van der Waals surface area contributed by atoms with Gasteiger partial charge in [-0.1, -0.05) is 18.2 Å². The molecule has 3 rings (SSSR count). The zero-order valence-corrected chi connectivity index (χ0v) is 12.7. The molecule has 3 unspecified atom stereocenters. The van der Waals surface area contributed by atoms with Gasteiger partial charge in [-0.2, -0.15) is 0 Å². The standard InChI is InChI=1S/C14H15Br2N/c15-12-2-1-3-13(16)14(12)17-8-11-7-9-4-5-10(11)6-9/h1-5,9-11,17H,6-8H2. The summed E-state index contributed by atoms with van der Waals surface area (Å²) in [7, 11) is 0. The summed E-state index contributed by atoms with van der Waals surface area (Å²) in [5.74, 6) is 2.48. The average molecular weight is 357 g/mol. The lowest BCUT2D eigenvalue weighted by atomic mass is 9.93. The number of halogens is 2. The van der Waals surface area contributed by atoms with Crippen LogP contribution in [0.25, 0.3) is 0 Å². The number of fused-ring (bicyclic) bond motifs is 2. The van der Waals surface area contributed by atoms with Gasteiger partial charge in [-0.25, -0.2) is 0 Å². The quantitative estimate of drug-likeness (QED) is 0.764. The van der Waals surface area contributed by atoms with Crippen molar-refractivity contribution in [2.24, 2.45) is 17.8 Å². The molecule has 2 aliphatic rings. The van der Waals surface area contributed by atoms with E-state index in [4.69, 9.17) is 0 Å². The van der Waals surface area contributed by atoms with Gasteiger partial charge < -0.3 is 5.32 Å². The highest BCUT2D eigenvalue weighted by Gasteiger charge is 2.35. The van der Waals surface area contributed by atoms with E-state index >= 15 is 0 Å². The lowest BCUT2D eigenvalue weighted by Crippen LogP contribution is -2.18. The highest BCUT2D eigenvalue weighted by molar-refractivity contribution is 9.11. The highest BCUT2D eigenvalue weighted by Crippen LogP contribution is 2.43.